The molecule has 2 aromatic rings. The molecule has 3 rings (SSSR count). The Morgan fingerprint density at radius 3 is 3.10 bits per heavy atom. The molecule has 21 heavy (non-hydrogen) atoms. The van der Waals surface area contributed by atoms with Gasteiger partial charge in [-0.05, 0) is 38.4 Å². The van der Waals surface area contributed by atoms with Crippen molar-refractivity contribution >= 4 is 0 Å². The van der Waals surface area contributed by atoms with Gasteiger partial charge in [-0.25, -0.2) is 0 Å². The van der Waals surface area contributed by atoms with Gasteiger partial charge in [-0.3, -0.25) is 14.6 Å². The summed E-state index contributed by atoms with van der Waals surface area (Å²) in [5.74, 6) is 0. The lowest BCUT2D eigenvalue weighted by atomic mass is 10.1. The monoisotopic (exact) mass is 282 g/mol. The number of aromatic nitrogens is 3. The molecule has 2 aromatic heterocycles. The van der Waals surface area contributed by atoms with E-state index in [0.29, 0.717) is 6.04 Å². The van der Waals surface area contributed by atoms with E-state index in [1.54, 1.807) is 0 Å². The lowest BCUT2D eigenvalue weighted by molar-refractivity contribution is 0.244. The Labute approximate surface area is 126 Å². The number of pyridine rings is 1. The van der Waals surface area contributed by atoms with E-state index >= 15 is 0 Å². The fourth-order valence-corrected chi connectivity index (χ4v) is 3.08. The zero-order valence-electron chi connectivity index (χ0n) is 12.6. The molecule has 110 valence electrons. The van der Waals surface area contributed by atoms with Crippen LogP contribution in [0.5, 0.6) is 0 Å². The predicted molar refractivity (Wildman–Crippen MR) is 83.8 cm³/mol. The highest BCUT2D eigenvalue weighted by molar-refractivity contribution is 5.17. The minimum absolute atomic E-state index is 0.438. The van der Waals surface area contributed by atoms with E-state index < -0.39 is 0 Å². The Morgan fingerprint density at radius 1 is 1.43 bits per heavy atom. The molecular weight excluding hydrogens is 260 g/mol. The highest BCUT2D eigenvalue weighted by Crippen LogP contribution is 2.32. The van der Waals surface area contributed by atoms with Crippen LogP contribution in [0.2, 0.25) is 0 Å². The lowest BCUT2D eigenvalue weighted by Gasteiger charge is -2.23. The molecule has 1 aliphatic rings. The molecule has 1 aliphatic heterocycles. The first kappa shape index (κ1) is 14.0. The van der Waals surface area contributed by atoms with Crippen LogP contribution in [0.3, 0.4) is 0 Å². The predicted octanol–water partition coefficient (Wildman–Crippen LogP) is 3.11. The highest BCUT2D eigenvalue weighted by Gasteiger charge is 2.27. The Balaban J connectivity index is 1.76. The maximum absolute atomic E-state index is 4.54. The van der Waals surface area contributed by atoms with Gasteiger partial charge in [-0.15, -0.1) is 6.58 Å². The average molecular weight is 282 g/mol. The minimum atomic E-state index is 0.438. The standard InChI is InChI=1S/C17H22N4/c1-3-10-21-13-15(14(2)19-21)12-20-11-6-8-17(20)16-7-4-5-9-18-16/h3-5,7,9,13,17H,1,6,8,10-12H2,2H3. The summed E-state index contributed by atoms with van der Waals surface area (Å²) < 4.78 is 1.96. The third-order valence-electron chi connectivity index (χ3n) is 4.13. The lowest BCUT2D eigenvalue weighted by Crippen LogP contribution is -2.23. The van der Waals surface area contributed by atoms with Crippen LogP contribution >= 0.6 is 0 Å². The third-order valence-corrected chi connectivity index (χ3v) is 4.13. The smallest absolute Gasteiger partial charge is 0.0638 e. The number of hydrogen-bond donors (Lipinski definition) is 0. The summed E-state index contributed by atoms with van der Waals surface area (Å²) in [6.07, 6.45) is 8.34. The van der Waals surface area contributed by atoms with Crippen molar-refractivity contribution in [2.45, 2.75) is 38.9 Å². The van der Waals surface area contributed by atoms with Gasteiger partial charge in [0.25, 0.3) is 0 Å². The van der Waals surface area contributed by atoms with E-state index in [2.05, 4.69) is 46.8 Å². The molecule has 4 nitrogen and oxygen atoms in total. The maximum Gasteiger partial charge on any atom is 0.0638 e. The van der Waals surface area contributed by atoms with Crippen LogP contribution in [0.15, 0.2) is 43.2 Å². The molecule has 1 fully saturated rings. The summed E-state index contributed by atoms with van der Waals surface area (Å²) >= 11 is 0. The largest absolute Gasteiger partial charge is 0.290 e. The van der Waals surface area contributed by atoms with Crippen molar-refractivity contribution in [2.75, 3.05) is 6.54 Å². The second-order valence-corrected chi connectivity index (χ2v) is 5.63. The molecule has 0 amide bonds. The van der Waals surface area contributed by atoms with Gasteiger partial charge in [0.15, 0.2) is 0 Å². The molecule has 0 bridgehead atoms. The number of aryl methyl sites for hydroxylation is 1. The topological polar surface area (TPSA) is 34.0 Å². The summed E-state index contributed by atoms with van der Waals surface area (Å²) in [7, 11) is 0. The Kier molecular flexibility index (Phi) is 4.15. The normalized spacial score (nSPS) is 19.0. The van der Waals surface area contributed by atoms with Crippen LogP contribution in [-0.4, -0.2) is 26.2 Å². The number of allylic oxidation sites excluding steroid dienone is 1. The Hall–Kier alpha value is -1.94. The summed E-state index contributed by atoms with van der Waals surface area (Å²) in [6.45, 7) is 8.70. The molecule has 1 atom stereocenters. The molecular formula is C17H22N4. The number of rotatable bonds is 5. The van der Waals surface area contributed by atoms with Crippen molar-refractivity contribution in [1.82, 2.24) is 19.7 Å². The molecule has 4 heteroatoms. The maximum atomic E-state index is 4.54. The van der Waals surface area contributed by atoms with Gasteiger partial charge < -0.3 is 0 Å². The van der Waals surface area contributed by atoms with Gasteiger partial charge in [-0.1, -0.05) is 12.1 Å². The van der Waals surface area contributed by atoms with E-state index in [4.69, 9.17) is 0 Å². The number of hydrogen-bond acceptors (Lipinski definition) is 3. The van der Waals surface area contributed by atoms with Crippen LogP contribution in [0.4, 0.5) is 0 Å². The highest BCUT2D eigenvalue weighted by atomic mass is 15.3. The SMILES string of the molecule is C=CCn1cc(CN2CCCC2c2ccccn2)c(C)n1. The average Bonchev–Trinajstić information content (AvgIpc) is 3.08. The summed E-state index contributed by atoms with van der Waals surface area (Å²) in [6, 6.07) is 6.63. The molecule has 0 N–H and O–H groups in total. The van der Waals surface area contributed by atoms with Crippen molar-refractivity contribution in [3.8, 4) is 0 Å². The fraction of sp³-hybridized carbons (Fsp3) is 0.412. The molecule has 1 unspecified atom stereocenters. The Bertz CT molecular complexity index is 603. The van der Waals surface area contributed by atoms with Gasteiger partial charge in [0.05, 0.1) is 24.0 Å². The first-order valence-electron chi connectivity index (χ1n) is 7.56. The third kappa shape index (κ3) is 3.05. The summed E-state index contributed by atoms with van der Waals surface area (Å²) in [5, 5.41) is 4.54. The molecule has 0 saturated carbocycles. The van der Waals surface area contributed by atoms with E-state index in [9.17, 15) is 0 Å². The summed E-state index contributed by atoms with van der Waals surface area (Å²) in [5.41, 5.74) is 3.61. The molecule has 0 spiro atoms. The van der Waals surface area contributed by atoms with Crippen molar-refractivity contribution in [1.29, 1.82) is 0 Å². The van der Waals surface area contributed by atoms with Crippen LogP contribution < -0.4 is 0 Å². The number of likely N-dealkylation sites (tertiary alicyclic amines) is 1. The molecule has 1 saturated heterocycles. The van der Waals surface area contributed by atoms with E-state index in [1.165, 1.54) is 24.1 Å². The zero-order chi connectivity index (χ0) is 14.7. The van der Waals surface area contributed by atoms with Gasteiger partial charge in [0, 0.05) is 24.5 Å². The van der Waals surface area contributed by atoms with Crippen LogP contribution in [-0.2, 0) is 13.1 Å². The second-order valence-electron chi connectivity index (χ2n) is 5.63. The minimum Gasteiger partial charge on any atom is -0.290 e. The zero-order valence-corrected chi connectivity index (χ0v) is 12.6. The first-order chi connectivity index (χ1) is 10.3. The van der Waals surface area contributed by atoms with Crippen molar-refractivity contribution in [3.05, 3.63) is 60.2 Å². The second kappa shape index (κ2) is 6.22. The molecule has 3 heterocycles. The van der Waals surface area contributed by atoms with Crippen molar-refractivity contribution in [2.24, 2.45) is 0 Å². The first-order valence-corrected chi connectivity index (χ1v) is 7.56. The molecule has 0 radical (unpaired) electrons. The van der Waals surface area contributed by atoms with Gasteiger partial charge in [0.1, 0.15) is 0 Å². The van der Waals surface area contributed by atoms with Crippen LogP contribution in [0.25, 0.3) is 0 Å². The van der Waals surface area contributed by atoms with E-state index in [0.717, 1.165) is 25.3 Å². The van der Waals surface area contributed by atoms with Gasteiger partial charge in [-0.2, -0.15) is 5.10 Å². The molecule has 0 aliphatic carbocycles. The van der Waals surface area contributed by atoms with Gasteiger partial charge in [0.2, 0.25) is 0 Å². The number of nitrogens with zero attached hydrogens (tertiary/aromatic N) is 4. The van der Waals surface area contributed by atoms with E-state index in [1.807, 2.05) is 23.0 Å². The van der Waals surface area contributed by atoms with Crippen molar-refractivity contribution in [3.63, 3.8) is 0 Å². The Morgan fingerprint density at radius 2 is 2.33 bits per heavy atom. The van der Waals surface area contributed by atoms with Crippen LogP contribution in [0, 0.1) is 6.92 Å². The van der Waals surface area contributed by atoms with Gasteiger partial charge >= 0.3 is 0 Å². The fourth-order valence-electron chi connectivity index (χ4n) is 3.08. The van der Waals surface area contributed by atoms with Crippen molar-refractivity contribution < 1.29 is 0 Å². The van der Waals surface area contributed by atoms with Crippen LogP contribution in [0.1, 0.15) is 35.8 Å². The summed E-state index contributed by atoms with van der Waals surface area (Å²) in [4.78, 5) is 7.05. The van der Waals surface area contributed by atoms with E-state index in [-0.39, 0.29) is 0 Å². The molecule has 0 aromatic carbocycles. The quantitative estimate of drug-likeness (QED) is 0.790.